The minimum Gasteiger partial charge on any atom is -0.313 e. The van der Waals surface area contributed by atoms with Crippen molar-refractivity contribution in [1.82, 2.24) is 4.98 Å². The van der Waals surface area contributed by atoms with E-state index in [0.29, 0.717) is 30.4 Å². The van der Waals surface area contributed by atoms with Gasteiger partial charge in [0.1, 0.15) is 5.82 Å². The molecule has 0 atom stereocenters. The number of hydrogen-bond acceptors (Lipinski definition) is 3. The predicted octanol–water partition coefficient (Wildman–Crippen LogP) is 5.38. The van der Waals surface area contributed by atoms with Crippen molar-refractivity contribution >= 4 is 17.4 Å². The minimum atomic E-state index is -0.455. The summed E-state index contributed by atoms with van der Waals surface area (Å²) in [6.45, 7) is 3.68. The fourth-order valence-corrected chi connectivity index (χ4v) is 3.35. The van der Waals surface area contributed by atoms with Gasteiger partial charge in [-0.15, -0.1) is 0 Å². The molecular formula is C25H25FN2O2. The van der Waals surface area contributed by atoms with Gasteiger partial charge in [0, 0.05) is 37.3 Å². The molecule has 1 heterocycles. The molecule has 5 heteroatoms. The molecule has 154 valence electrons. The van der Waals surface area contributed by atoms with Crippen LogP contribution in [0.15, 0.2) is 60.8 Å². The fraction of sp³-hybridized carbons (Fsp3) is 0.240. The number of nitrogens with zero attached hydrogens (tertiary/aromatic N) is 2. The molecular weight excluding hydrogens is 379 g/mol. The van der Waals surface area contributed by atoms with Crippen LogP contribution in [0.4, 0.5) is 10.1 Å². The second-order valence-corrected chi connectivity index (χ2v) is 7.22. The van der Waals surface area contributed by atoms with Crippen LogP contribution in [0.1, 0.15) is 41.4 Å². The van der Waals surface area contributed by atoms with Crippen molar-refractivity contribution in [3.8, 4) is 11.1 Å². The lowest BCUT2D eigenvalue weighted by molar-refractivity contribution is -0.118. The molecule has 0 aliphatic rings. The minimum absolute atomic E-state index is 0.0611. The summed E-state index contributed by atoms with van der Waals surface area (Å²) in [7, 11) is 1.57. The number of pyridine rings is 1. The van der Waals surface area contributed by atoms with Crippen LogP contribution in [0, 0.1) is 12.7 Å². The molecule has 0 fully saturated rings. The van der Waals surface area contributed by atoms with Gasteiger partial charge in [-0.05, 0) is 48.2 Å². The molecule has 30 heavy (non-hydrogen) atoms. The van der Waals surface area contributed by atoms with Crippen LogP contribution in [-0.2, 0) is 11.2 Å². The van der Waals surface area contributed by atoms with E-state index in [1.54, 1.807) is 44.4 Å². The third-order valence-electron chi connectivity index (χ3n) is 5.26. The van der Waals surface area contributed by atoms with Gasteiger partial charge in [0.2, 0.25) is 5.91 Å². The largest absolute Gasteiger partial charge is 0.313 e. The van der Waals surface area contributed by atoms with E-state index in [2.05, 4.69) is 4.98 Å². The molecule has 1 amide bonds. The van der Waals surface area contributed by atoms with Gasteiger partial charge in [-0.3, -0.25) is 14.6 Å². The maximum absolute atomic E-state index is 14.5. The summed E-state index contributed by atoms with van der Waals surface area (Å²) in [5.74, 6) is -0.541. The molecule has 0 spiro atoms. The third-order valence-corrected chi connectivity index (χ3v) is 5.26. The summed E-state index contributed by atoms with van der Waals surface area (Å²) < 4.78 is 14.5. The number of aryl methyl sites for hydroxylation is 2. The fourth-order valence-electron chi connectivity index (χ4n) is 3.35. The highest BCUT2D eigenvalue weighted by Crippen LogP contribution is 2.27. The highest BCUT2D eigenvalue weighted by Gasteiger charge is 2.14. The van der Waals surface area contributed by atoms with E-state index in [-0.39, 0.29) is 17.4 Å². The van der Waals surface area contributed by atoms with Gasteiger partial charge >= 0.3 is 0 Å². The van der Waals surface area contributed by atoms with Gasteiger partial charge in [-0.25, -0.2) is 4.39 Å². The van der Waals surface area contributed by atoms with Crippen molar-refractivity contribution in [1.29, 1.82) is 0 Å². The summed E-state index contributed by atoms with van der Waals surface area (Å²) in [5, 5.41) is 0. The van der Waals surface area contributed by atoms with E-state index in [9.17, 15) is 14.0 Å². The monoisotopic (exact) mass is 404 g/mol. The normalized spacial score (nSPS) is 10.7. The predicted molar refractivity (Wildman–Crippen MR) is 117 cm³/mol. The van der Waals surface area contributed by atoms with Gasteiger partial charge in [0.15, 0.2) is 5.78 Å². The summed E-state index contributed by atoms with van der Waals surface area (Å²) >= 11 is 0. The number of carbonyl (C=O) groups excluding carboxylic acids is 2. The molecule has 0 radical (unpaired) electrons. The van der Waals surface area contributed by atoms with Crippen LogP contribution in [0.2, 0.25) is 0 Å². The van der Waals surface area contributed by atoms with Crippen molar-refractivity contribution in [2.75, 3.05) is 11.9 Å². The van der Waals surface area contributed by atoms with Gasteiger partial charge in [-0.2, -0.15) is 0 Å². The lowest BCUT2D eigenvalue weighted by Crippen LogP contribution is -2.25. The first kappa shape index (κ1) is 21.4. The first-order chi connectivity index (χ1) is 14.4. The highest BCUT2D eigenvalue weighted by molar-refractivity contribution is 5.96. The first-order valence-corrected chi connectivity index (χ1v) is 10.0. The molecule has 0 bridgehead atoms. The first-order valence-electron chi connectivity index (χ1n) is 10.0. The number of carbonyl (C=O) groups is 2. The SMILES string of the molecule is CCC(=O)N(C)c1ccc(-c2ccc(C(=O)CCc3cccnc3C)cc2)cc1F. The Labute approximate surface area is 176 Å². The Morgan fingerprint density at radius 2 is 1.73 bits per heavy atom. The van der Waals surface area contributed by atoms with Gasteiger partial charge < -0.3 is 4.90 Å². The second kappa shape index (κ2) is 9.44. The molecule has 0 saturated heterocycles. The Morgan fingerprint density at radius 3 is 2.37 bits per heavy atom. The van der Waals surface area contributed by atoms with E-state index in [1.165, 1.54) is 11.0 Å². The third kappa shape index (κ3) is 4.79. The molecule has 4 nitrogen and oxygen atoms in total. The molecule has 0 N–H and O–H groups in total. The zero-order valence-electron chi connectivity index (χ0n) is 17.5. The van der Waals surface area contributed by atoms with Gasteiger partial charge in [-0.1, -0.05) is 43.3 Å². The Morgan fingerprint density at radius 1 is 1.03 bits per heavy atom. The van der Waals surface area contributed by atoms with Gasteiger partial charge in [0.25, 0.3) is 0 Å². The zero-order chi connectivity index (χ0) is 21.7. The standard InChI is InChI=1S/C25H25FN2O2/c1-4-25(30)28(3)23-13-11-21(16-22(23)26)19-7-9-20(10-8-19)24(29)14-12-18-6-5-15-27-17(18)2/h5-11,13,15-16H,4,12,14H2,1-3H3. The molecule has 0 aliphatic carbocycles. The summed E-state index contributed by atoms with van der Waals surface area (Å²) in [6, 6.07) is 15.8. The summed E-state index contributed by atoms with van der Waals surface area (Å²) in [5.41, 5.74) is 4.40. The van der Waals surface area contributed by atoms with Crippen LogP contribution < -0.4 is 4.90 Å². The van der Waals surface area contributed by atoms with E-state index >= 15 is 0 Å². The number of amides is 1. The lowest BCUT2D eigenvalue weighted by atomic mass is 9.99. The van der Waals surface area contributed by atoms with Crippen LogP contribution in [0.3, 0.4) is 0 Å². The average molecular weight is 404 g/mol. The molecule has 0 aliphatic heterocycles. The topological polar surface area (TPSA) is 50.3 Å². The van der Waals surface area contributed by atoms with Crippen LogP contribution in [-0.4, -0.2) is 23.7 Å². The molecule has 3 rings (SSSR count). The number of benzene rings is 2. The number of rotatable bonds is 7. The average Bonchev–Trinajstić information content (AvgIpc) is 2.77. The van der Waals surface area contributed by atoms with Crippen LogP contribution >= 0.6 is 0 Å². The second-order valence-electron chi connectivity index (χ2n) is 7.22. The number of aromatic nitrogens is 1. The molecule has 1 aromatic heterocycles. The number of halogens is 1. The number of hydrogen-bond donors (Lipinski definition) is 0. The lowest BCUT2D eigenvalue weighted by Gasteiger charge is -2.17. The van der Waals surface area contributed by atoms with Crippen molar-refractivity contribution < 1.29 is 14.0 Å². The van der Waals surface area contributed by atoms with Crippen molar-refractivity contribution in [3.05, 3.63) is 83.4 Å². The molecule has 3 aromatic rings. The van der Waals surface area contributed by atoms with Crippen LogP contribution in [0.25, 0.3) is 11.1 Å². The highest BCUT2D eigenvalue weighted by atomic mass is 19.1. The molecule has 0 saturated carbocycles. The maximum Gasteiger partial charge on any atom is 0.226 e. The van der Waals surface area contributed by atoms with E-state index < -0.39 is 5.82 Å². The quantitative estimate of drug-likeness (QED) is 0.497. The number of anilines is 1. The Bertz CT molecular complexity index is 1060. The summed E-state index contributed by atoms with van der Waals surface area (Å²) in [4.78, 5) is 29.9. The van der Waals surface area contributed by atoms with E-state index in [0.717, 1.165) is 16.8 Å². The van der Waals surface area contributed by atoms with E-state index in [1.807, 2.05) is 31.2 Å². The molecule has 2 aromatic carbocycles. The van der Waals surface area contributed by atoms with E-state index in [4.69, 9.17) is 0 Å². The van der Waals surface area contributed by atoms with Crippen molar-refractivity contribution in [2.24, 2.45) is 0 Å². The van der Waals surface area contributed by atoms with Crippen LogP contribution in [0.5, 0.6) is 0 Å². The molecule has 0 unspecified atom stereocenters. The Hall–Kier alpha value is -3.34. The zero-order valence-corrected chi connectivity index (χ0v) is 17.5. The maximum atomic E-state index is 14.5. The van der Waals surface area contributed by atoms with Crippen molar-refractivity contribution in [3.63, 3.8) is 0 Å². The Balaban J connectivity index is 1.71. The smallest absolute Gasteiger partial charge is 0.226 e. The van der Waals surface area contributed by atoms with Gasteiger partial charge in [0.05, 0.1) is 5.69 Å². The number of Topliss-reactive ketones (excluding diaryl/α,β-unsaturated/α-hetero) is 1. The number of ketones is 1. The van der Waals surface area contributed by atoms with Crippen molar-refractivity contribution in [2.45, 2.75) is 33.1 Å². The Kier molecular flexibility index (Phi) is 6.72. The summed E-state index contributed by atoms with van der Waals surface area (Å²) in [6.07, 6.45) is 3.12.